The molecule has 0 spiro atoms. The van der Waals surface area contributed by atoms with Crippen LogP contribution in [-0.2, 0) is 4.79 Å². The lowest BCUT2D eigenvalue weighted by atomic mass is 10.1. The van der Waals surface area contributed by atoms with Gasteiger partial charge in [0.2, 0.25) is 6.10 Å². The highest BCUT2D eigenvalue weighted by atomic mass is 32.1. The molecule has 6 heteroatoms. The van der Waals surface area contributed by atoms with Crippen molar-refractivity contribution in [1.29, 1.82) is 0 Å². The molecular weight excluding hydrogens is 324 g/mol. The standard InChI is InChI=1S/C18H16N2O3S/c1-22-14-7-9-15(10-8-14)23-16(13-5-3-2-4-6-13)17(21)20-18-19-11-12-24-18/h2-12,16H,1H3,(H,19,20,21)/t16-/m0/s1. The first-order chi connectivity index (χ1) is 11.8. The first-order valence-electron chi connectivity index (χ1n) is 7.32. The number of hydrogen-bond donors (Lipinski definition) is 1. The summed E-state index contributed by atoms with van der Waals surface area (Å²) in [5.74, 6) is 1.04. The third kappa shape index (κ3) is 3.91. The zero-order valence-corrected chi connectivity index (χ0v) is 13.8. The van der Waals surface area contributed by atoms with Crippen LogP contribution in [0.25, 0.3) is 0 Å². The van der Waals surface area contributed by atoms with Crippen molar-refractivity contribution < 1.29 is 14.3 Å². The van der Waals surface area contributed by atoms with Crippen LogP contribution < -0.4 is 14.8 Å². The third-order valence-corrected chi connectivity index (χ3v) is 4.00. The van der Waals surface area contributed by atoms with Crippen LogP contribution in [-0.4, -0.2) is 18.0 Å². The van der Waals surface area contributed by atoms with E-state index < -0.39 is 6.10 Å². The van der Waals surface area contributed by atoms with Gasteiger partial charge in [-0.2, -0.15) is 0 Å². The fourth-order valence-corrected chi connectivity index (χ4v) is 2.68. The minimum absolute atomic E-state index is 0.271. The van der Waals surface area contributed by atoms with E-state index in [0.29, 0.717) is 10.9 Å². The predicted octanol–water partition coefficient (Wildman–Crippen LogP) is 3.91. The molecule has 122 valence electrons. The Morgan fingerprint density at radius 3 is 2.42 bits per heavy atom. The van der Waals surface area contributed by atoms with Crippen molar-refractivity contribution >= 4 is 22.4 Å². The number of anilines is 1. The number of hydrogen-bond acceptors (Lipinski definition) is 5. The summed E-state index contributed by atoms with van der Waals surface area (Å²) in [7, 11) is 1.60. The predicted molar refractivity (Wildman–Crippen MR) is 93.5 cm³/mol. The molecule has 3 rings (SSSR count). The molecule has 0 aliphatic rings. The molecule has 0 bridgehead atoms. The van der Waals surface area contributed by atoms with Gasteiger partial charge in [0.05, 0.1) is 7.11 Å². The molecule has 1 amide bonds. The van der Waals surface area contributed by atoms with Gasteiger partial charge in [0.1, 0.15) is 11.5 Å². The zero-order chi connectivity index (χ0) is 16.8. The summed E-state index contributed by atoms with van der Waals surface area (Å²) < 4.78 is 11.1. The molecule has 0 saturated carbocycles. The van der Waals surface area contributed by atoms with Gasteiger partial charge in [0.15, 0.2) is 5.13 Å². The number of ether oxygens (including phenoxy) is 2. The van der Waals surface area contributed by atoms with Crippen LogP contribution in [0.4, 0.5) is 5.13 Å². The van der Waals surface area contributed by atoms with E-state index in [2.05, 4.69) is 10.3 Å². The van der Waals surface area contributed by atoms with Crippen molar-refractivity contribution in [1.82, 2.24) is 4.98 Å². The van der Waals surface area contributed by atoms with Gasteiger partial charge < -0.3 is 9.47 Å². The first kappa shape index (κ1) is 16.0. The fourth-order valence-electron chi connectivity index (χ4n) is 2.15. The molecule has 24 heavy (non-hydrogen) atoms. The number of carbonyl (C=O) groups is 1. The van der Waals surface area contributed by atoms with Gasteiger partial charge in [-0.05, 0) is 24.3 Å². The van der Waals surface area contributed by atoms with Crippen molar-refractivity contribution in [2.75, 3.05) is 12.4 Å². The van der Waals surface area contributed by atoms with Crippen LogP contribution in [0, 0.1) is 0 Å². The summed E-state index contributed by atoms with van der Waals surface area (Å²) >= 11 is 1.36. The Balaban J connectivity index is 1.82. The average Bonchev–Trinajstić information content (AvgIpc) is 3.14. The number of aromatic nitrogens is 1. The number of nitrogens with one attached hydrogen (secondary N) is 1. The Kier molecular flexibility index (Phi) is 5.08. The van der Waals surface area contributed by atoms with E-state index in [1.165, 1.54) is 11.3 Å². The molecule has 0 aliphatic carbocycles. The van der Waals surface area contributed by atoms with Gasteiger partial charge in [-0.3, -0.25) is 10.1 Å². The number of thiazole rings is 1. The second-order valence-corrected chi connectivity index (χ2v) is 5.81. The van der Waals surface area contributed by atoms with Gasteiger partial charge in [-0.1, -0.05) is 30.3 Å². The maximum Gasteiger partial charge on any atom is 0.271 e. The zero-order valence-electron chi connectivity index (χ0n) is 13.0. The van der Waals surface area contributed by atoms with Crippen molar-refractivity contribution in [2.24, 2.45) is 0 Å². The monoisotopic (exact) mass is 340 g/mol. The molecule has 0 radical (unpaired) electrons. The summed E-state index contributed by atoms with van der Waals surface area (Å²) in [6.45, 7) is 0. The summed E-state index contributed by atoms with van der Waals surface area (Å²) in [6, 6.07) is 16.5. The lowest BCUT2D eigenvalue weighted by Gasteiger charge is -2.18. The molecule has 3 aromatic rings. The van der Waals surface area contributed by atoms with Crippen molar-refractivity contribution in [3.05, 3.63) is 71.7 Å². The summed E-state index contributed by atoms with van der Waals surface area (Å²) in [5, 5.41) is 5.13. The number of carbonyl (C=O) groups excluding carboxylic acids is 1. The minimum Gasteiger partial charge on any atom is -0.497 e. The largest absolute Gasteiger partial charge is 0.497 e. The number of amides is 1. The first-order valence-corrected chi connectivity index (χ1v) is 8.20. The molecular formula is C18H16N2O3S. The van der Waals surface area contributed by atoms with E-state index >= 15 is 0 Å². The Morgan fingerprint density at radius 1 is 1.08 bits per heavy atom. The van der Waals surface area contributed by atoms with Gasteiger partial charge in [-0.15, -0.1) is 11.3 Å². The minimum atomic E-state index is -0.775. The molecule has 1 N–H and O–H groups in total. The molecule has 0 aliphatic heterocycles. The van der Waals surface area contributed by atoms with Crippen molar-refractivity contribution in [2.45, 2.75) is 6.10 Å². The number of methoxy groups -OCH3 is 1. The van der Waals surface area contributed by atoms with E-state index in [1.54, 1.807) is 43.0 Å². The van der Waals surface area contributed by atoms with Crippen LogP contribution in [0.15, 0.2) is 66.2 Å². The van der Waals surface area contributed by atoms with Gasteiger partial charge in [0.25, 0.3) is 5.91 Å². The van der Waals surface area contributed by atoms with Gasteiger partial charge in [0, 0.05) is 17.1 Å². The highest BCUT2D eigenvalue weighted by Crippen LogP contribution is 2.25. The van der Waals surface area contributed by atoms with Crippen LogP contribution in [0.5, 0.6) is 11.5 Å². The van der Waals surface area contributed by atoms with E-state index in [1.807, 2.05) is 30.3 Å². The molecule has 0 saturated heterocycles. The molecule has 5 nitrogen and oxygen atoms in total. The Morgan fingerprint density at radius 2 is 1.79 bits per heavy atom. The third-order valence-electron chi connectivity index (χ3n) is 3.32. The van der Waals surface area contributed by atoms with Gasteiger partial charge >= 0.3 is 0 Å². The maximum atomic E-state index is 12.6. The molecule has 0 fully saturated rings. The summed E-state index contributed by atoms with van der Waals surface area (Å²) in [4.78, 5) is 16.7. The number of benzene rings is 2. The van der Waals surface area contributed by atoms with Crippen LogP contribution in [0.3, 0.4) is 0 Å². The second-order valence-electron chi connectivity index (χ2n) is 4.91. The molecule has 1 heterocycles. The highest BCUT2D eigenvalue weighted by molar-refractivity contribution is 7.13. The summed E-state index contributed by atoms with van der Waals surface area (Å²) in [6.07, 6.45) is 0.866. The van der Waals surface area contributed by atoms with Crippen molar-refractivity contribution in [3.8, 4) is 11.5 Å². The average molecular weight is 340 g/mol. The Labute approximate surface area is 143 Å². The topological polar surface area (TPSA) is 60.5 Å². The summed E-state index contributed by atoms with van der Waals surface area (Å²) in [5.41, 5.74) is 0.766. The molecule has 0 unspecified atom stereocenters. The highest BCUT2D eigenvalue weighted by Gasteiger charge is 2.23. The van der Waals surface area contributed by atoms with Crippen LogP contribution >= 0.6 is 11.3 Å². The lowest BCUT2D eigenvalue weighted by Crippen LogP contribution is -2.25. The SMILES string of the molecule is COc1ccc(O[C@H](C(=O)Nc2nccs2)c2ccccc2)cc1. The fraction of sp³-hybridized carbons (Fsp3) is 0.111. The second kappa shape index (κ2) is 7.61. The lowest BCUT2D eigenvalue weighted by molar-refractivity contribution is -0.123. The molecule has 1 aromatic heterocycles. The Hall–Kier alpha value is -2.86. The number of rotatable bonds is 6. The maximum absolute atomic E-state index is 12.6. The normalized spacial score (nSPS) is 11.5. The van der Waals surface area contributed by atoms with Gasteiger partial charge in [-0.25, -0.2) is 4.98 Å². The van der Waals surface area contributed by atoms with Crippen LogP contribution in [0.2, 0.25) is 0 Å². The number of nitrogens with zero attached hydrogens (tertiary/aromatic N) is 1. The van der Waals surface area contributed by atoms with E-state index in [-0.39, 0.29) is 5.91 Å². The smallest absolute Gasteiger partial charge is 0.271 e. The Bertz CT molecular complexity index is 774. The quantitative estimate of drug-likeness (QED) is 0.739. The molecule has 1 atom stereocenters. The van der Waals surface area contributed by atoms with E-state index in [9.17, 15) is 4.79 Å². The molecule has 2 aromatic carbocycles. The van der Waals surface area contributed by atoms with E-state index in [0.717, 1.165) is 11.3 Å². The van der Waals surface area contributed by atoms with Crippen molar-refractivity contribution in [3.63, 3.8) is 0 Å². The van der Waals surface area contributed by atoms with E-state index in [4.69, 9.17) is 9.47 Å². The van der Waals surface area contributed by atoms with Crippen LogP contribution in [0.1, 0.15) is 11.7 Å².